The van der Waals surface area contributed by atoms with Gasteiger partial charge in [0.15, 0.2) is 29.1 Å². The monoisotopic (exact) mass is 448 g/mol. The Hall–Kier alpha value is -3.68. The summed E-state index contributed by atoms with van der Waals surface area (Å²) in [6.45, 7) is 0. The number of benzene rings is 5. The molecule has 0 nitrogen and oxygen atoms in total. The molecule has 0 saturated carbocycles. The lowest BCUT2D eigenvalue weighted by Gasteiger charge is -2.15. The van der Waals surface area contributed by atoms with Gasteiger partial charge in [-0.15, -0.1) is 0 Å². The molecule has 0 N–H and O–H groups in total. The largest absolute Gasteiger partial charge is 0.206 e. The Morgan fingerprint density at radius 3 is 1.88 bits per heavy atom. The summed E-state index contributed by atoms with van der Waals surface area (Å²) in [6, 6.07) is 7.86. The molecule has 0 saturated heterocycles. The van der Waals surface area contributed by atoms with E-state index in [9.17, 15) is 30.7 Å². The first-order valence-corrected chi connectivity index (χ1v) is 9.15. The molecule has 0 spiro atoms. The Morgan fingerprint density at radius 1 is 0.438 bits per heavy atom. The van der Waals surface area contributed by atoms with Gasteiger partial charge in [0.25, 0.3) is 0 Å². The third-order valence-corrected chi connectivity index (χ3v) is 5.40. The van der Waals surface area contributed by atoms with Gasteiger partial charge >= 0.3 is 0 Å². The van der Waals surface area contributed by atoms with Crippen molar-refractivity contribution in [1.82, 2.24) is 0 Å². The summed E-state index contributed by atoms with van der Waals surface area (Å²) < 4.78 is 115. The second-order valence-electron chi connectivity index (χ2n) is 7.19. The van der Waals surface area contributed by atoms with Gasteiger partial charge in [-0.1, -0.05) is 18.2 Å². The van der Waals surface area contributed by atoms with Crippen LogP contribution in [-0.4, -0.2) is 0 Å². The maximum atomic E-state index is 15.1. The third kappa shape index (κ3) is 2.68. The number of rotatable bonds is 1. The molecule has 0 fully saturated rings. The van der Waals surface area contributed by atoms with Crippen LogP contribution in [0.15, 0.2) is 48.5 Å². The number of hydrogen-bond donors (Lipinski definition) is 0. The molecule has 32 heavy (non-hydrogen) atoms. The van der Waals surface area contributed by atoms with Gasteiger partial charge in [-0.25, -0.2) is 35.1 Å². The first kappa shape index (κ1) is 20.2. The van der Waals surface area contributed by atoms with Gasteiger partial charge in [-0.2, -0.15) is 0 Å². The minimum atomic E-state index is -2.05. The standard InChI is InChI=1S/C24H8F8/c25-13-3-1-2-9-7-12-16(22(30)24(32)23(31)19(12)21(29)17(9)13)11-6-10-4-5-14(26)20(28)18(10)15(27)8-11/h1-8H. The van der Waals surface area contributed by atoms with E-state index in [1.165, 1.54) is 12.1 Å². The molecule has 0 amide bonds. The van der Waals surface area contributed by atoms with Crippen molar-refractivity contribution in [1.29, 1.82) is 0 Å². The molecule has 0 aliphatic heterocycles. The van der Waals surface area contributed by atoms with Crippen LogP contribution in [0.3, 0.4) is 0 Å². The van der Waals surface area contributed by atoms with Crippen LogP contribution in [-0.2, 0) is 0 Å². The van der Waals surface area contributed by atoms with E-state index in [1.807, 2.05) is 0 Å². The summed E-state index contributed by atoms with van der Waals surface area (Å²) in [5.41, 5.74) is -1.09. The molecule has 0 bridgehead atoms. The molecule has 0 atom stereocenters. The zero-order valence-corrected chi connectivity index (χ0v) is 15.6. The topological polar surface area (TPSA) is 0 Å². The molecule has 0 aromatic heterocycles. The second kappa shape index (κ2) is 6.91. The van der Waals surface area contributed by atoms with E-state index in [2.05, 4.69) is 0 Å². The van der Waals surface area contributed by atoms with Crippen molar-refractivity contribution in [3.63, 3.8) is 0 Å². The highest BCUT2D eigenvalue weighted by molar-refractivity contribution is 6.07. The molecule has 5 aromatic rings. The SMILES string of the molecule is Fc1ccc2cc(-c3c(F)c(F)c(F)c4c(F)c5c(F)cccc5cc34)cc(F)c2c1F. The quantitative estimate of drug-likeness (QED) is 0.139. The fourth-order valence-electron chi connectivity index (χ4n) is 3.98. The Balaban J connectivity index is 1.97. The first-order chi connectivity index (χ1) is 15.2. The molecule has 8 heteroatoms. The van der Waals surface area contributed by atoms with Gasteiger partial charge in [0.2, 0.25) is 0 Å². The summed E-state index contributed by atoms with van der Waals surface area (Å²) in [6.07, 6.45) is 0. The van der Waals surface area contributed by atoms with Crippen molar-refractivity contribution in [3.05, 3.63) is 95.1 Å². The third-order valence-electron chi connectivity index (χ3n) is 5.40. The molecule has 0 aliphatic rings. The van der Waals surface area contributed by atoms with Crippen molar-refractivity contribution in [2.24, 2.45) is 0 Å². The summed E-state index contributed by atoms with van der Waals surface area (Å²) in [5.74, 6) is -12.2. The van der Waals surface area contributed by atoms with Crippen LogP contribution in [0.1, 0.15) is 0 Å². The molecule has 0 aliphatic carbocycles. The summed E-state index contributed by atoms with van der Waals surface area (Å²) in [5, 5.41) is -3.13. The number of fused-ring (bicyclic) bond motifs is 3. The lowest BCUT2D eigenvalue weighted by molar-refractivity contribution is 0.453. The van der Waals surface area contributed by atoms with Crippen molar-refractivity contribution in [2.75, 3.05) is 0 Å². The Kier molecular flexibility index (Phi) is 4.37. The maximum absolute atomic E-state index is 15.1. The zero-order valence-electron chi connectivity index (χ0n) is 15.6. The van der Waals surface area contributed by atoms with Gasteiger partial charge in [0, 0.05) is 5.56 Å². The van der Waals surface area contributed by atoms with Crippen LogP contribution in [0.5, 0.6) is 0 Å². The van der Waals surface area contributed by atoms with E-state index >= 15 is 4.39 Å². The van der Waals surface area contributed by atoms with Crippen molar-refractivity contribution < 1.29 is 35.1 Å². The molecule has 0 heterocycles. The fraction of sp³-hybridized carbons (Fsp3) is 0. The van der Waals surface area contributed by atoms with Crippen LogP contribution in [0.25, 0.3) is 43.4 Å². The predicted octanol–water partition coefficient (Wildman–Crippen LogP) is 7.93. The summed E-state index contributed by atoms with van der Waals surface area (Å²) in [4.78, 5) is 0. The Morgan fingerprint density at radius 2 is 1.12 bits per heavy atom. The van der Waals surface area contributed by atoms with Crippen LogP contribution < -0.4 is 0 Å². The van der Waals surface area contributed by atoms with Crippen molar-refractivity contribution in [3.8, 4) is 11.1 Å². The fourth-order valence-corrected chi connectivity index (χ4v) is 3.98. The van der Waals surface area contributed by atoms with Crippen molar-refractivity contribution in [2.45, 2.75) is 0 Å². The van der Waals surface area contributed by atoms with E-state index < -0.39 is 73.6 Å². The minimum absolute atomic E-state index is 0.0731. The van der Waals surface area contributed by atoms with E-state index in [4.69, 9.17) is 0 Å². The average Bonchev–Trinajstić information content (AvgIpc) is 2.74. The highest BCUT2D eigenvalue weighted by Gasteiger charge is 2.26. The van der Waals surface area contributed by atoms with Gasteiger partial charge in [0.05, 0.1) is 16.2 Å². The predicted molar refractivity (Wildman–Crippen MR) is 104 cm³/mol. The van der Waals surface area contributed by atoms with E-state index in [-0.39, 0.29) is 16.3 Å². The molecule has 5 aromatic carbocycles. The molecular formula is C24H8F8. The summed E-state index contributed by atoms with van der Waals surface area (Å²) in [7, 11) is 0. The number of hydrogen-bond acceptors (Lipinski definition) is 0. The van der Waals surface area contributed by atoms with E-state index in [1.54, 1.807) is 0 Å². The Bertz CT molecular complexity index is 1600. The van der Waals surface area contributed by atoms with Gasteiger partial charge < -0.3 is 0 Å². The van der Waals surface area contributed by atoms with E-state index in [0.717, 1.165) is 30.3 Å². The van der Waals surface area contributed by atoms with Crippen LogP contribution in [0.2, 0.25) is 0 Å². The average molecular weight is 448 g/mol. The molecule has 0 radical (unpaired) electrons. The molecule has 0 unspecified atom stereocenters. The first-order valence-electron chi connectivity index (χ1n) is 9.15. The normalized spacial score (nSPS) is 11.8. The molecule has 5 rings (SSSR count). The maximum Gasteiger partial charge on any atom is 0.195 e. The van der Waals surface area contributed by atoms with Crippen molar-refractivity contribution >= 4 is 32.3 Å². The highest BCUT2D eigenvalue weighted by atomic mass is 19.2. The lowest BCUT2D eigenvalue weighted by atomic mass is 9.92. The Labute approximate surface area is 174 Å². The van der Waals surface area contributed by atoms with Gasteiger partial charge in [-0.3, -0.25) is 0 Å². The van der Waals surface area contributed by atoms with Gasteiger partial charge in [0.1, 0.15) is 17.5 Å². The lowest BCUT2D eigenvalue weighted by Crippen LogP contribution is -2.01. The zero-order chi connectivity index (χ0) is 22.9. The highest BCUT2D eigenvalue weighted by Crippen LogP contribution is 2.41. The van der Waals surface area contributed by atoms with E-state index in [0.29, 0.717) is 6.07 Å². The smallest absolute Gasteiger partial charge is 0.195 e. The molecular weight excluding hydrogens is 440 g/mol. The number of halogens is 8. The molecule has 160 valence electrons. The van der Waals surface area contributed by atoms with Crippen LogP contribution >= 0.6 is 0 Å². The van der Waals surface area contributed by atoms with Crippen LogP contribution in [0.4, 0.5) is 35.1 Å². The van der Waals surface area contributed by atoms with Crippen LogP contribution in [0, 0.1) is 46.5 Å². The summed E-state index contributed by atoms with van der Waals surface area (Å²) >= 11 is 0. The van der Waals surface area contributed by atoms with Gasteiger partial charge in [-0.05, 0) is 52.1 Å². The minimum Gasteiger partial charge on any atom is -0.206 e. The second-order valence-corrected chi connectivity index (χ2v) is 7.19.